The number of nitrogens with zero attached hydrogens (tertiary/aromatic N) is 1. The minimum absolute atomic E-state index is 0.0442. The Morgan fingerprint density at radius 2 is 2.00 bits per heavy atom. The van der Waals surface area contributed by atoms with Gasteiger partial charge in [0.15, 0.2) is 0 Å². The third-order valence-electron chi connectivity index (χ3n) is 4.03. The maximum Gasteiger partial charge on any atom is 0.124 e. The zero-order valence-corrected chi connectivity index (χ0v) is 12.7. The van der Waals surface area contributed by atoms with E-state index in [1.54, 1.807) is 6.07 Å². The molecule has 4 heteroatoms. The highest BCUT2D eigenvalue weighted by Gasteiger charge is 2.26. The predicted molar refractivity (Wildman–Crippen MR) is 88.8 cm³/mol. The molecule has 1 aliphatic heterocycles. The molecular formula is C17H18ClN3. The highest BCUT2D eigenvalue weighted by atomic mass is 35.5. The molecule has 3 nitrogen and oxygen atoms in total. The van der Waals surface area contributed by atoms with Crippen LogP contribution in [-0.2, 0) is 6.42 Å². The third-order valence-corrected chi connectivity index (χ3v) is 4.27. The standard InChI is InChI=1S/C17H18ClN3/c1-11-6-7-12-4-2-3-5-15(12)21(11)16-9-8-13(18)10-14(16)17(19)20/h2-5,8-11H,6-7H2,1H3,(H3,19,20). The molecule has 0 radical (unpaired) electrons. The zero-order valence-electron chi connectivity index (χ0n) is 11.9. The summed E-state index contributed by atoms with van der Waals surface area (Å²) in [6.45, 7) is 2.20. The monoisotopic (exact) mass is 299 g/mol. The third kappa shape index (κ3) is 2.49. The van der Waals surface area contributed by atoms with Gasteiger partial charge in [0.25, 0.3) is 0 Å². The van der Waals surface area contributed by atoms with Crippen LogP contribution < -0.4 is 10.6 Å². The van der Waals surface area contributed by atoms with Crippen molar-refractivity contribution in [2.24, 2.45) is 5.73 Å². The number of nitrogen functional groups attached to an aromatic ring is 1. The van der Waals surface area contributed by atoms with E-state index in [4.69, 9.17) is 22.7 Å². The Bertz CT molecular complexity index is 696. The van der Waals surface area contributed by atoms with Crippen molar-refractivity contribution in [3.8, 4) is 0 Å². The second-order valence-electron chi connectivity index (χ2n) is 5.46. The van der Waals surface area contributed by atoms with Gasteiger partial charge in [-0.05, 0) is 49.6 Å². The van der Waals surface area contributed by atoms with Gasteiger partial charge in [0.1, 0.15) is 5.84 Å². The molecular weight excluding hydrogens is 282 g/mol. The van der Waals surface area contributed by atoms with Crippen LogP contribution in [0.3, 0.4) is 0 Å². The molecule has 1 heterocycles. The molecule has 0 spiro atoms. The number of nitrogens with one attached hydrogen (secondary N) is 1. The molecule has 0 aliphatic carbocycles. The summed E-state index contributed by atoms with van der Waals surface area (Å²) < 4.78 is 0. The van der Waals surface area contributed by atoms with Crippen molar-refractivity contribution in [2.75, 3.05) is 4.90 Å². The van der Waals surface area contributed by atoms with E-state index in [9.17, 15) is 0 Å². The lowest BCUT2D eigenvalue weighted by Gasteiger charge is -2.38. The van der Waals surface area contributed by atoms with E-state index in [0.29, 0.717) is 16.6 Å². The number of anilines is 2. The van der Waals surface area contributed by atoms with E-state index in [2.05, 4.69) is 30.0 Å². The quantitative estimate of drug-likeness (QED) is 0.648. The van der Waals surface area contributed by atoms with E-state index < -0.39 is 0 Å². The van der Waals surface area contributed by atoms with Crippen LogP contribution in [0.1, 0.15) is 24.5 Å². The SMILES string of the molecule is CC1CCc2ccccc2N1c1ccc(Cl)cc1C(=N)N. The van der Waals surface area contributed by atoms with Crippen LogP contribution in [0.2, 0.25) is 5.02 Å². The van der Waals surface area contributed by atoms with E-state index in [1.807, 2.05) is 18.2 Å². The van der Waals surface area contributed by atoms with Crippen LogP contribution in [0.15, 0.2) is 42.5 Å². The average molecular weight is 300 g/mol. The van der Waals surface area contributed by atoms with E-state index >= 15 is 0 Å². The van der Waals surface area contributed by atoms with Crippen molar-refractivity contribution >= 4 is 28.8 Å². The number of nitrogens with two attached hydrogens (primary N) is 1. The summed E-state index contributed by atoms with van der Waals surface area (Å²) in [5.41, 5.74) is 9.92. The predicted octanol–water partition coefficient (Wildman–Crippen LogP) is 4.10. The Morgan fingerprint density at radius 3 is 2.76 bits per heavy atom. The summed E-state index contributed by atoms with van der Waals surface area (Å²) in [7, 11) is 0. The van der Waals surface area contributed by atoms with Crippen LogP contribution in [0.25, 0.3) is 0 Å². The summed E-state index contributed by atoms with van der Waals surface area (Å²) in [5, 5.41) is 8.43. The molecule has 0 fully saturated rings. The molecule has 0 saturated heterocycles. The van der Waals surface area contributed by atoms with Crippen LogP contribution in [-0.4, -0.2) is 11.9 Å². The number of hydrogen-bond acceptors (Lipinski definition) is 2. The fraction of sp³-hybridized carbons (Fsp3) is 0.235. The first-order valence-corrected chi connectivity index (χ1v) is 7.47. The Hall–Kier alpha value is -2.00. The summed E-state index contributed by atoms with van der Waals surface area (Å²) in [6.07, 6.45) is 2.16. The number of hydrogen-bond donors (Lipinski definition) is 2. The summed E-state index contributed by atoms with van der Waals surface area (Å²) in [6, 6.07) is 14.3. The van der Waals surface area contributed by atoms with Gasteiger partial charge >= 0.3 is 0 Å². The first-order chi connectivity index (χ1) is 10.1. The molecule has 1 unspecified atom stereocenters. The fourth-order valence-corrected chi connectivity index (χ4v) is 3.16. The highest BCUT2D eigenvalue weighted by molar-refractivity contribution is 6.31. The molecule has 108 valence electrons. The number of fused-ring (bicyclic) bond motifs is 1. The van der Waals surface area contributed by atoms with Crippen molar-refractivity contribution < 1.29 is 0 Å². The molecule has 2 aromatic carbocycles. The molecule has 3 rings (SSSR count). The van der Waals surface area contributed by atoms with Crippen LogP contribution in [0.5, 0.6) is 0 Å². The average Bonchev–Trinajstić information content (AvgIpc) is 2.47. The number of halogens is 1. The zero-order chi connectivity index (χ0) is 15.0. The van der Waals surface area contributed by atoms with Crippen LogP contribution >= 0.6 is 11.6 Å². The van der Waals surface area contributed by atoms with Gasteiger partial charge in [-0.2, -0.15) is 0 Å². The summed E-state index contributed by atoms with van der Waals surface area (Å²) in [5.74, 6) is 0.0442. The second-order valence-corrected chi connectivity index (χ2v) is 5.90. The first kappa shape index (κ1) is 14.0. The Labute approximate surface area is 129 Å². The molecule has 2 aromatic rings. The molecule has 1 aliphatic rings. The number of para-hydroxylation sites is 1. The van der Waals surface area contributed by atoms with E-state index in [1.165, 1.54) is 11.3 Å². The summed E-state index contributed by atoms with van der Waals surface area (Å²) >= 11 is 6.07. The Kier molecular flexibility index (Phi) is 3.60. The van der Waals surface area contributed by atoms with E-state index in [0.717, 1.165) is 18.5 Å². The van der Waals surface area contributed by atoms with Crippen LogP contribution in [0.4, 0.5) is 11.4 Å². The molecule has 21 heavy (non-hydrogen) atoms. The van der Waals surface area contributed by atoms with Crippen LogP contribution in [0, 0.1) is 5.41 Å². The minimum Gasteiger partial charge on any atom is -0.384 e. The molecule has 0 amide bonds. The number of amidine groups is 1. The molecule has 1 atom stereocenters. The molecule has 3 N–H and O–H groups in total. The van der Waals surface area contributed by atoms with Gasteiger partial charge in [-0.15, -0.1) is 0 Å². The van der Waals surface area contributed by atoms with Gasteiger partial charge in [-0.1, -0.05) is 29.8 Å². The topological polar surface area (TPSA) is 53.1 Å². The Balaban J connectivity index is 2.18. The number of benzene rings is 2. The molecule has 0 saturated carbocycles. The maximum atomic E-state index is 7.83. The first-order valence-electron chi connectivity index (χ1n) is 7.09. The number of rotatable bonds is 2. The summed E-state index contributed by atoms with van der Waals surface area (Å²) in [4.78, 5) is 2.27. The minimum atomic E-state index is 0.0442. The van der Waals surface area contributed by atoms with Gasteiger partial charge in [-0.3, -0.25) is 5.41 Å². The van der Waals surface area contributed by atoms with Gasteiger partial charge in [-0.25, -0.2) is 0 Å². The van der Waals surface area contributed by atoms with Gasteiger partial charge in [0.2, 0.25) is 0 Å². The van der Waals surface area contributed by atoms with Crippen molar-refractivity contribution in [3.63, 3.8) is 0 Å². The van der Waals surface area contributed by atoms with E-state index in [-0.39, 0.29) is 5.84 Å². The molecule has 0 bridgehead atoms. The van der Waals surface area contributed by atoms with Gasteiger partial charge < -0.3 is 10.6 Å². The van der Waals surface area contributed by atoms with Crippen molar-refractivity contribution in [1.82, 2.24) is 0 Å². The highest BCUT2D eigenvalue weighted by Crippen LogP contribution is 2.38. The van der Waals surface area contributed by atoms with Gasteiger partial charge in [0.05, 0.1) is 5.69 Å². The second kappa shape index (κ2) is 5.41. The lowest BCUT2D eigenvalue weighted by atomic mass is 9.95. The van der Waals surface area contributed by atoms with Gasteiger partial charge in [0, 0.05) is 22.3 Å². The molecule has 0 aromatic heterocycles. The van der Waals surface area contributed by atoms with Crippen molar-refractivity contribution in [2.45, 2.75) is 25.8 Å². The maximum absolute atomic E-state index is 7.83. The van der Waals surface area contributed by atoms with Crippen molar-refractivity contribution in [3.05, 3.63) is 58.6 Å². The largest absolute Gasteiger partial charge is 0.384 e. The normalized spacial score (nSPS) is 17.4. The number of aryl methyl sites for hydroxylation is 1. The lowest BCUT2D eigenvalue weighted by Crippen LogP contribution is -2.34. The fourth-order valence-electron chi connectivity index (χ4n) is 2.99. The lowest BCUT2D eigenvalue weighted by molar-refractivity contribution is 0.618. The smallest absolute Gasteiger partial charge is 0.124 e. The van der Waals surface area contributed by atoms with Crippen molar-refractivity contribution in [1.29, 1.82) is 5.41 Å². The Morgan fingerprint density at radius 1 is 1.24 bits per heavy atom.